The molecule has 0 aliphatic rings. The minimum absolute atomic E-state index is 0.365. The van der Waals surface area contributed by atoms with Crippen molar-refractivity contribution in [2.75, 3.05) is 24.3 Å². The van der Waals surface area contributed by atoms with E-state index in [9.17, 15) is 4.79 Å². The summed E-state index contributed by atoms with van der Waals surface area (Å²) in [5.41, 5.74) is 6.04. The first-order chi connectivity index (χ1) is 10.6. The molecule has 0 spiro atoms. The van der Waals surface area contributed by atoms with Crippen molar-refractivity contribution in [2.45, 2.75) is 6.92 Å². The molecule has 0 radical (unpaired) electrons. The fourth-order valence-electron chi connectivity index (χ4n) is 1.88. The van der Waals surface area contributed by atoms with Gasteiger partial charge in [-0.1, -0.05) is 30.3 Å². The Morgan fingerprint density at radius 3 is 2.23 bits per heavy atom. The molecule has 2 amide bonds. The highest BCUT2D eigenvalue weighted by Crippen LogP contribution is 2.12. The number of urea groups is 1. The zero-order valence-electron chi connectivity index (χ0n) is 13.0. The molecule has 5 nitrogen and oxygen atoms in total. The number of hydrazone groups is 1. The summed E-state index contributed by atoms with van der Waals surface area (Å²) < 4.78 is 0. The highest BCUT2D eigenvalue weighted by molar-refractivity contribution is 6.00. The van der Waals surface area contributed by atoms with Gasteiger partial charge in [0.25, 0.3) is 0 Å². The minimum Gasteiger partial charge on any atom is -0.378 e. The normalized spacial score (nSPS) is 11.0. The summed E-state index contributed by atoms with van der Waals surface area (Å²) in [4.78, 5) is 13.8. The lowest BCUT2D eigenvalue weighted by Gasteiger charge is -2.12. The second-order valence-corrected chi connectivity index (χ2v) is 5.07. The van der Waals surface area contributed by atoms with Crippen LogP contribution in [0.4, 0.5) is 16.2 Å². The topological polar surface area (TPSA) is 56.7 Å². The molecule has 0 saturated carbocycles. The number of nitrogens with zero attached hydrogens (tertiary/aromatic N) is 2. The molecule has 0 aliphatic carbocycles. The third-order valence-corrected chi connectivity index (χ3v) is 3.16. The quantitative estimate of drug-likeness (QED) is 0.672. The van der Waals surface area contributed by atoms with E-state index in [-0.39, 0.29) is 6.03 Å². The highest BCUT2D eigenvalue weighted by atomic mass is 16.2. The molecule has 0 aromatic heterocycles. The smallest absolute Gasteiger partial charge is 0.339 e. The Kier molecular flexibility index (Phi) is 5.14. The van der Waals surface area contributed by atoms with Gasteiger partial charge in [-0.15, -0.1) is 0 Å². The van der Waals surface area contributed by atoms with E-state index in [0.717, 1.165) is 22.6 Å². The van der Waals surface area contributed by atoms with Gasteiger partial charge < -0.3 is 10.2 Å². The summed E-state index contributed by atoms with van der Waals surface area (Å²) in [7, 11) is 3.98. The Balaban J connectivity index is 1.95. The number of nitrogens with one attached hydrogen (secondary N) is 2. The molecule has 114 valence electrons. The number of carbonyl (C=O) groups excluding carboxylic acids is 1. The van der Waals surface area contributed by atoms with Crippen molar-refractivity contribution < 1.29 is 4.79 Å². The van der Waals surface area contributed by atoms with Crippen LogP contribution in [0.2, 0.25) is 0 Å². The molecule has 0 bridgehead atoms. The van der Waals surface area contributed by atoms with E-state index in [2.05, 4.69) is 15.8 Å². The fourth-order valence-corrected chi connectivity index (χ4v) is 1.88. The lowest BCUT2D eigenvalue weighted by atomic mass is 10.1. The third-order valence-electron chi connectivity index (χ3n) is 3.16. The standard InChI is InChI=1S/C17H20N4O/c1-13(14-9-11-16(12-10-14)21(2)3)19-20-17(22)18-15-7-5-4-6-8-15/h4-12H,1-3H3,(H2,18,20,22)/b19-13-. The molecule has 0 fully saturated rings. The van der Waals surface area contributed by atoms with Gasteiger partial charge in [0, 0.05) is 25.5 Å². The van der Waals surface area contributed by atoms with Crippen LogP contribution < -0.4 is 15.6 Å². The molecule has 2 rings (SSSR count). The van der Waals surface area contributed by atoms with Gasteiger partial charge in [-0.05, 0) is 36.8 Å². The molecule has 0 heterocycles. The van der Waals surface area contributed by atoms with Crippen LogP contribution in [-0.4, -0.2) is 25.8 Å². The summed E-state index contributed by atoms with van der Waals surface area (Å²) in [5, 5.41) is 6.81. The minimum atomic E-state index is -0.365. The Bertz CT molecular complexity index is 648. The van der Waals surface area contributed by atoms with Gasteiger partial charge in [-0.25, -0.2) is 10.2 Å². The van der Waals surface area contributed by atoms with Crippen molar-refractivity contribution in [1.29, 1.82) is 0 Å². The molecule has 22 heavy (non-hydrogen) atoms. The zero-order valence-corrected chi connectivity index (χ0v) is 13.0. The van der Waals surface area contributed by atoms with E-state index < -0.39 is 0 Å². The molecule has 2 N–H and O–H groups in total. The lowest BCUT2D eigenvalue weighted by molar-refractivity contribution is 0.252. The van der Waals surface area contributed by atoms with Crippen LogP contribution in [0.1, 0.15) is 12.5 Å². The SMILES string of the molecule is C/C(=N/NC(=O)Nc1ccccc1)c1ccc(N(C)C)cc1. The van der Waals surface area contributed by atoms with Crippen molar-refractivity contribution >= 4 is 23.1 Å². The molecule has 5 heteroatoms. The molecular weight excluding hydrogens is 276 g/mol. The number of hydrogen-bond donors (Lipinski definition) is 2. The van der Waals surface area contributed by atoms with Crippen molar-refractivity contribution in [3.05, 3.63) is 60.2 Å². The molecule has 0 aliphatic heterocycles. The Labute approximate surface area is 130 Å². The molecule has 2 aromatic carbocycles. The van der Waals surface area contributed by atoms with Gasteiger partial charge in [0.2, 0.25) is 0 Å². The first-order valence-electron chi connectivity index (χ1n) is 7.00. The van der Waals surface area contributed by atoms with Crippen molar-refractivity contribution in [3.8, 4) is 0 Å². The predicted octanol–water partition coefficient (Wildman–Crippen LogP) is 3.30. The van der Waals surface area contributed by atoms with Crippen molar-refractivity contribution in [1.82, 2.24) is 5.43 Å². The van der Waals surface area contributed by atoms with E-state index in [4.69, 9.17) is 0 Å². The zero-order chi connectivity index (χ0) is 15.9. The Morgan fingerprint density at radius 1 is 1.00 bits per heavy atom. The van der Waals surface area contributed by atoms with E-state index >= 15 is 0 Å². The Hall–Kier alpha value is -2.82. The third kappa shape index (κ3) is 4.34. The maximum atomic E-state index is 11.8. The molecule has 0 unspecified atom stereocenters. The second kappa shape index (κ2) is 7.26. The average molecular weight is 296 g/mol. The first-order valence-corrected chi connectivity index (χ1v) is 7.00. The van der Waals surface area contributed by atoms with Crippen molar-refractivity contribution in [3.63, 3.8) is 0 Å². The van der Waals surface area contributed by atoms with E-state index in [1.165, 1.54) is 0 Å². The summed E-state index contributed by atoms with van der Waals surface area (Å²) in [6.45, 7) is 1.85. The molecule has 2 aromatic rings. The van der Waals surface area contributed by atoms with Gasteiger partial charge in [0.05, 0.1) is 5.71 Å². The van der Waals surface area contributed by atoms with Gasteiger partial charge in [0.15, 0.2) is 0 Å². The van der Waals surface area contributed by atoms with Gasteiger partial charge >= 0.3 is 6.03 Å². The number of hydrogen-bond acceptors (Lipinski definition) is 3. The van der Waals surface area contributed by atoms with Crippen LogP contribution in [0.3, 0.4) is 0 Å². The van der Waals surface area contributed by atoms with E-state index in [1.807, 2.05) is 80.5 Å². The number of rotatable bonds is 4. The molecular formula is C17H20N4O. The highest BCUT2D eigenvalue weighted by Gasteiger charge is 2.02. The number of amides is 2. The maximum Gasteiger partial charge on any atom is 0.339 e. The predicted molar refractivity (Wildman–Crippen MR) is 91.6 cm³/mol. The fraction of sp³-hybridized carbons (Fsp3) is 0.176. The van der Waals surface area contributed by atoms with Crippen LogP contribution in [-0.2, 0) is 0 Å². The second-order valence-electron chi connectivity index (χ2n) is 5.07. The van der Waals surface area contributed by atoms with Crippen LogP contribution in [0.5, 0.6) is 0 Å². The lowest BCUT2D eigenvalue weighted by Crippen LogP contribution is -2.25. The Morgan fingerprint density at radius 2 is 1.64 bits per heavy atom. The summed E-state index contributed by atoms with van der Waals surface area (Å²) in [6.07, 6.45) is 0. The molecule has 0 saturated heterocycles. The van der Waals surface area contributed by atoms with Crippen LogP contribution in [0.15, 0.2) is 59.7 Å². The number of anilines is 2. The van der Waals surface area contributed by atoms with Crippen LogP contribution >= 0.6 is 0 Å². The van der Waals surface area contributed by atoms with Crippen LogP contribution in [0.25, 0.3) is 0 Å². The first kappa shape index (κ1) is 15.6. The summed E-state index contributed by atoms with van der Waals surface area (Å²) in [5.74, 6) is 0. The summed E-state index contributed by atoms with van der Waals surface area (Å²) >= 11 is 0. The van der Waals surface area contributed by atoms with Crippen LogP contribution in [0, 0.1) is 0 Å². The van der Waals surface area contributed by atoms with Gasteiger partial charge in [-0.3, -0.25) is 0 Å². The molecule has 0 atom stereocenters. The monoisotopic (exact) mass is 296 g/mol. The van der Waals surface area contributed by atoms with Gasteiger partial charge in [-0.2, -0.15) is 5.10 Å². The van der Waals surface area contributed by atoms with Crippen molar-refractivity contribution in [2.24, 2.45) is 5.10 Å². The number of benzene rings is 2. The van der Waals surface area contributed by atoms with E-state index in [0.29, 0.717) is 0 Å². The largest absolute Gasteiger partial charge is 0.378 e. The maximum absolute atomic E-state index is 11.8. The summed E-state index contributed by atoms with van der Waals surface area (Å²) in [6, 6.07) is 16.9. The van der Waals surface area contributed by atoms with E-state index in [1.54, 1.807) is 0 Å². The number of carbonyl (C=O) groups is 1. The number of para-hydroxylation sites is 1. The van der Waals surface area contributed by atoms with Gasteiger partial charge in [0.1, 0.15) is 0 Å². The average Bonchev–Trinajstić information content (AvgIpc) is 2.53.